The van der Waals surface area contributed by atoms with Gasteiger partial charge in [-0.2, -0.15) is 0 Å². The van der Waals surface area contributed by atoms with E-state index in [1.807, 2.05) is 0 Å². The highest BCUT2D eigenvalue weighted by Gasteiger charge is 2.21. The number of benzene rings is 1. The molecular formula is C15H23NO3S. The van der Waals surface area contributed by atoms with E-state index < -0.39 is 10.0 Å². The smallest absolute Gasteiger partial charge is 0.244 e. The van der Waals surface area contributed by atoms with E-state index in [1.54, 1.807) is 24.3 Å². The minimum absolute atomic E-state index is 0.219. The maximum absolute atomic E-state index is 12.3. The molecule has 1 aliphatic carbocycles. The van der Waals surface area contributed by atoms with E-state index in [2.05, 4.69) is 4.72 Å². The fraction of sp³-hybridized carbons (Fsp3) is 0.600. The maximum Gasteiger partial charge on any atom is 0.244 e. The number of rotatable bonds is 5. The van der Waals surface area contributed by atoms with E-state index in [9.17, 15) is 8.42 Å². The predicted molar refractivity (Wildman–Crippen MR) is 79.4 cm³/mol. The zero-order valence-electron chi connectivity index (χ0n) is 12.0. The lowest BCUT2D eigenvalue weighted by Gasteiger charge is -2.16. The second-order valence-corrected chi connectivity index (χ2v) is 7.10. The van der Waals surface area contributed by atoms with Crippen molar-refractivity contribution in [3.63, 3.8) is 0 Å². The van der Waals surface area contributed by atoms with Crippen molar-refractivity contribution >= 4 is 10.0 Å². The van der Waals surface area contributed by atoms with Crippen LogP contribution in [0.3, 0.4) is 0 Å². The number of para-hydroxylation sites is 1. The van der Waals surface area contributed by atoms with Crippen LogP contribution in [0, 0.1) is 5.92 Å². The second kappa shape index (κ2) is 7.09. The molecule has 1 saturated carbocycles. The molecule has 1 N–H and O–H groups in total. The van der Waals surface area contributed by atoms with Crippen molar-refractivity contribution in [2.75, 3.05) is 13.7 Å². The van der Waals surface area contributed by atoms with Gasteiger partial charge in [0.15, 0.2) is 0 Å². The van der Waals surface area contributed by atoms with E-state index in [0.717, 1.165) is 12.8 Å². The molecule has 0 unspecified atom stereocenters. The Labute approximate surface area is 121 Å². The molecule has 0 heterocycles. The van der Waals surface area contributed by atoms with E-state index in [1.165, 1.54) is 32.8 Å². The number of hydrogen-bond donors (Lipinski definition) is 1. The first-order valence-corrected chi connectivity index (χ1v) is 8.74. The first-order chi connectivity index (χ1) is 9.63. The lowest BCUT2D eigenvalue weighted by atomic mass is 10.0. The Hall–Kier alpha value is -1.07. The molecule has 4 nitrogen and oxygen atoms in total. The fourth-order valence-electron chi connectivity index (χ4n) is 2.71. The highest BCUT2D eigenvalue weighted by molar-refractivity contribution is 7.89. The van der Waals surface area contributed by atoms with Crippen LogP contribution in [0.2, 0.25) is 0 Å². The molecule has 0 amide bonds. The molecule has 0 aliphatic heterocycles. The van der Waals surface area contributed by atoms with E-state index in [-0.39, 0.29) is 4.90 Å². The van der Waals surface area contributed by atoms with Gasteiger partial charge in [-0.1, -0.05) is 37.8 Å². The van der Waals surface area contributed by atoms with Gasteiger partial charge in [-0.15, -0.1) is 0 Å². The van der Waals surface area contributed by atoms with Gasteiger partial charge in [-0.3, -0.25) is 0 Å². The molecule has 1 fully saturated rings. The number of methoxy groups -OCH3 is 1. The summed E-state index contributed by atoms with van der Waals surface area (Å²) in [5.74, 6) is 0.850. The lowest BCUT2D eigenvalue weighted by molar-refractivity contribution is 0.401. The summed E-state index contributed by atoms with van der Waals surface area (Å²) in [6.45, 7) is 0.528. The van der Waals surface area contributed by atoms with Gasteiger partial charge in [-0.05, 0) is 30.9 Å². The second-order valence-electron chi connectivity index (χ2n) is 5.36. The molecule has 20 heavy (non-hydrogen) atoms. The topological polar surface area (TPSA) is 55.4 Å². The van der Waals surface area contributed by atoms with Gasteiger partial charge in [0.05, 0.1) is 7.11 Å². The molecule has 0 aromatic heterocycles. The molecule has 1 aromatic rings. The molecule has 0 saturated heterocycles. The van der Waals surface area contributed by atoms with Crippen LogP contribution in [0.15, 0.2) is 29.2 Å². The normalized spacial score (nSPS) is 17.6. The Bertz CT molecular complexity index is 520. The minimum Gasteiger partial charge on any atom is -0.495 e. The van der Waals surface area contributed by atoms with Gasteiger partial charge in [-0.25, -0.2) is 13.1 Å². The number of hydrogen-bond acceptors (Lipinski definition) is 3. The van der Waals surface area contributed by atoms with Crippen molar-refractivity contribution in [1.29, 1.82) is 0 Å². The zero-order chi connectivity index (χ0) is 14.4. The lowest BCUT2D eigenvalue weighted by Crippen LogP contribution is -2.29. The summed E-state index contributed by atoms with van der Waals surface area (Å²) in [6.07, 6.45) is 7.20. The molecule has 0 radical (unpaired) electrons. The van der Waals surface area contributed by atoms with Crippen molar-refractivity contribution in [1.82, 2.24) is 4.72 Å². The van der Waals surface area contributed by atoms with E-state index in [0.29, 0.717) is 18.2 Å². The molecule has 112 valence electrons. The van der Waals surface area contributed by atoms with E-state index in [4.69, 9.17) is 4.74 Å². The highest BCUT2D eigenvalue weighted by atomic mass is 32.2. The summed E-state index contributed by atoms with van der Waals surface area (Å²) < 4.78 is 32.6. The molecule has 0 spiro atoms. The Morgan fingerprint density at radius 1 is 1.15 bits per heavy atom. The monoisotopic (exact) mass is 297 g/mol. The number of sulfonamides is 1. The van der Waals surface area contributed by atoms with Gasteiger partial charge in [0.1, 0.15) is 10.6 Å². The molecule has 2 rings (SSSR count). The average molecular weight is 297 g/mol. The van der Waals surface area contributed by atoms with Crippen molar-refractivity contribution < 1.29 is 13.2 Å². The van der Waals surface area contributed by atoms with Crippen molar-refractivity contribution in [3.8, 4) is 5.75 Å². The minimum atomic E-state index is -3.49. The Morgan fingerprint density at radius 2 is 1.80 bits per heavy atom. The van der Waals surface area contributed by atoms with Crippen LogP contribution >= 0.6 is 0 Å². The maximum atomic E-state index is 12.3. The third kappa shape index (κ3) is 3.96. The van der Waals surface area contributed by atoms with Crippen LogP contribution < -0.4 is 9.46 Å². The molecule has 1 aromatic carbocycles. The van der Waals surface area contributed by atoms with Gasteiger partial charge in [0, 0.05) is 6.54 Å². The van der Waals surface area contributed by atoms with Gasteiger partial charge in [0.2, 0.25) is 10.0 Å². The van der Waals surface area contributed by atoms with Crippen LogP contribution in [-0.2, 0) is 10.0 Å². The summed E-state index contributed by atoms with van der Waals surface area (Å²) >= 11 is 0. The quantitative estimate of drug-likeness (QED) is 0.850. The van der Waals surface area contributed by atoms with Gasteiger partial charge >= 0.3 is 0 Å². The summed E-state index contributed by atoms with van der Waals surface area (Å²) in [7, 11) is -2.00. The molecule has 1 aliphatic rings. The van der Waals surface area contributed by atoms with Crippen LogP contribution in [0.1, 0.15) is 38.5 Å². The first-order valence-electron chi connectivity index (χ1n) is 7.26. The standard InChI is InChI=1S/C15H23NO3S/c1-19-14-10-6-7-11-15(14)20(17,18)16-12-13-8-4-2-3-5-9-13/h6-7,10-11,13,16H,2-5,8-9,12H2,1H3. The first kappa shape index (κ1) is 15.3. The Kier molecular flexibility index (Phi) is 5.43. The Morgan fingerprint density at radius 3 is 2.45 bits per heavy atom. The van der Waals surface area contributed by atoms with Crippen LogP contribution in [0.5, 0.6) is 5.75 Å². The van der Waals surface area contributed by atoms with Crippen molar-refractivity contribution in [2.45, 2.75) is 43.4 Å². The van der Waals surface area contributed by atoms with Gasteiger partial charge in [0.25, 0.3) is 0 Å². The molecule has 5 heteroatoms. The van der Waals surface area contributed by atoms with E-state index >= 15 is 0 Å². The van der Waals surface area contributed by atoms with Crippen molar-refractivity contribution in [3.05, 3.63) is 24.3 Å². The van der Waals surface area contributed by atoms with Crippen LogP contribution in [-0.4, -0.2) is 22.1 Å². The summed E-state index contributed by atoms with van der Waals surface area (Å²) in [5.41, 5.74) is 0. The highest BCUT2D eigenvalue weighted by Crippen LogP contribution is 2.25. The van der Waals surface area contributed by atoms with Crippen molar-refractivity contribution in [2.24, 2.45) is 5.92 Å². The fourth-order valence-corrected chi connectivity index (χ4v) is 4.00. The third-order valence-corrected chi connectivity index (χ3v) is 5.36. The van der Waals surface area contributed by atoms with Crippen LogP contribution in [0.25, 0.3) is 0 Å². The Balaban J connectivity index is 2.03. The average Bonchev–Trinajstić information content (AvgIpc) is 2.74. The summed E-state index contributed by atoms with van der Waals surface area (Å²) in [6, 6.07) is 6.72. The molecular weight excluding hydrogens is 274 g/mol. The van der Waals surface area contributed by atoms with Crippen LogP contribution in [0.4, 0.5) is 0 Å². The predicted octanol–water partition coefficient (Wildman–Crippen LogP) is 2.94. The third-order valence-electron chi connectivity index (χ3n) is 3.90. The number of ether oxygens (including phenoxy) is 1. The zero-order valence-corrected chi connectivity index (χ0v) is 12.8. The molecule has 0 bridgehead atoms. The summed E-state index contributed by atoms with van der Waals surface area (Å²) in [5, 5.41) is 0. The largest absolute Gasteiger partial charge is 0.495 e. The molecule has 0 atom stereocenters. The SMILES string of the molecule is COc1ccccc1S(=O)(=O)NCC1CCCCCC1. The summed E-state index contributed by atoms with van der Waals surface area (Å²) in [4.78, 5) is 0.219. The van der Waals surface area contributed by atoms with Gasteiger partial charge < -0.3 is 4.74 Å². The number of nitrogens with one attached hydrogen (secondary N) is 1.